The largest absolute Gasteiger partial charge is 0.573 e. The second-order valence-electron chi connectivity index (χ2n) is 7.57. The first-order valence-electron chi connectivity index (χ1n) is 10.5. The molecule has 0 aromatic heterocycles. The lowest BCUT2D eigenvalue weighted by molar-refractivity contribution is -0.274. The molecule has 0 unspecified atom stereocenters. The van der Waals surface area contributed by atoms with Gasteiger partial charge in [0.2, 0.25) is 11.8 Å². The van der Waals surface area contributed by atoms with Gasteiger partial charge in [0.1, 0.15) is 11.5 Å². The zero-order valence-electron chi connectivity index (χ0n) is 18.1. The van der Waals surface area contributed by atoms with E-state index >= 15 is 0 Å². The van der Waals surface area contributed by atoms with Gasteiger partial charge in [-0.1, -0.05) is 36.4 Å². The average molecular weight is 462 g/mol. The third kappa shape index (κ3) is 7.27. The predicted octanol–water partition coefficient (Wildman–Crippen LogP) is 3.96. The van der Waals surface area contributed by atoms with Crippen LogP contribution in [0.3, 0.4) is 0 Å². The Kier molecular flexibility index (Phi) is 7.97. The van der Waals surface area contributed by atoms with Gasteiger partial charge in [-0.05, 0) is 31.1 Å². The summed E-state index contributed by atoms with van der Waals surface area (Å²) in [6, 6.07) is 12.8. The number of halogens is 3. The molecule has 1 saturated heterocycles. The lowest BCUT2D eigenvalue weighted by Crippen LogP contribution is -2.46. The van der Waals surface area contributed by atoms with E-state index in [1.54, 1.807) is 18.1 Å². The van der Waals surface area contributed by atoms with Crippen LogP contribution in [-0.2, 0) is 16.0 Å². The van der Waals surface area contributed by atoms with Crippen LogP contribution in [0.5, 0.6) is 11.5 Å². The molecule has 1 fully saturated rings. The van der Waals surface area contributed by atoms with Crippen molar-refractivity contribution in [2.45, 2.75) is 31.7 Å². The van der Waals surface area contributed by atoms with E-state index < -0.39 is 12.3 Å². The number of methoxy groups -OCH3 is 1. The van der Waals surface area contributed by atoms with Crippen molar-refractivity contribution < 1.29 is 32.2 Å². The predicted molar refractivity (Wildman–Crippen MR) is 117 cm³/mol. The summed E-state index contributed by atoms with van der Waals surface area (Å²) in [5, 5.41) is 2.84. The van der Waals surface area contributed by atoms with Crippen molar-refractivity contribution in [2.75, 3.05) is 20.2 Å². The SMILES string of the molecule is COc1ccccc1CC(=O)N1CCC(NC(=O)/C=C/c2ccccc2OC(F)(F)F)CC1. The van der Waals surface area contributed by atoms with Crippen LogP contribution >= 0.6 is 0 Å². The Morgan fingerprint density at radius 2 is 1.70 bits per heavy atom. The van der Waals surface area contributed by atoms with Crippen LogP contribution in [0.25, 0.3) is 6.08 Å². The highest BCUT2D eigenvalue weighted by Gasteiger charge is 2.31. The fourth-order valence-electron chi connectivity index (χ4n) is 3.65. The molecule has 176 valence electrons. The molecule has 0 radical (unpaired) electrons. The molecule has 1 aliphatic rings. The lowest BCUT2D eigenvalue weighted by Gasteiger charge is -2.32. The number of nitrogens with zero attached hydrogens (tertiary/aromatic N) is 1. The molecule has 2 aromatic rings. The summed E-state index contributed by atoms with van der Waals surface area (Å²) in [6.45, 7) is 1.01. The first kappa shape index (κ1) is 24.2. The van der Waals surface area contributed by atoms with E-state index in [4.69, 9.17) is 4.74 Å². The third-order valence-corrected chi connectivity index (χ3v) is 5.29. The standard InChI is InChI=1S/C24H25F3N2O4/c1-32-20-8-4-3-7-18(20)16-23(31)29-14-12-19(13-15-29)28-22(30)11-10-17-6-2-5-9-21(17)33-24(25,26)27/h2-11,19H,12-16H2,1H3,(H,28,30)/b11-10+. The number of nitrogens with one attached hydrogen (secondary N) is 1. The minimum atomic E-state index is -4.82. The summed E-state index contributed by atoms with van der Waals surface area (Å²) in [5.74, 6) is -0.140. The fraction of sp³-hybridized carbons (Fsp3) is 0.333. The van der Waals surface area contributed by atoms with E-state index in [-0.39, 0.29) is 29.7 Å². The summed E-state index contributed by atoms with van der Waals surface area (Å²) in [6.07, 6.45) is -0.942. The minimum absolute atomic E-state index is 0.00885. The molecule has 0 aliphatic carbocycles. The molecule has 1 aliphatic heterocycles. The van der Waals surface area contributed by atoms with Gasteiger partial charge in [0.15, 0.2) is 0 Å². The van der Waals surface area contributed by atoms with Gasteiger partial charge in [-0.15, -0.1) is 13.2 Å². The number of hydrogen-bond donors (Lipinski definition) is 1. The second kappa shape index (κ2) is 10.9. The molecule has 2 amide bonds. The van der Waals surface area contributed by atoms with Gasteiger partial charge < -0.3 is 19.7 Å². The number of para-hydroxylation sites is 2. The normalized spacial score (nSPS) is 14.8. The maximum atomic E-state index is 12.6. The van der Waals surface area contributed by atoms with Crippen molar-refractivity contribution >= 4 is 17.9 Å². The number of amides is 2. The number of hydrogen-bond acceptors (Lipinski definition) is 4. The number of rotatable bonds is 7. The van der Waals surface area contributed by atoms with Crippen molar-refractivity contribution in [3.05, 3.63) is 65.7 Å². The summed E-state index contributed by atoms with van der Waals surface area (Å²) in [4.78, 5) is 26.6. The lowest BCUT2D eigenvalue weighted by atomic mass is 10.0. The highest BCUT2D eigenvalue weighted by molar-refractivity contribution is 5.92. The van der Waals surface area contributed by atoms with Crippen LogP contribution in [0.4, 0.5) is 13.2 Å². The Hall–Kier alpha value is -3.49. The topological polar surface area (TPSA) is 67.9 Å². The molecule has 0 atom stereocenters. The third-order valence-electron chi connectivity index (χ3n) is 5.29. The fourth-order valence-corrected chi connectivity index (χ4v) is 3.65. The van der Waals surface area contributed by atoms with E-state index in [9.17, 15) is 22.8 Å². The van der Waals surface area contributed by atoms with Gasteiger partial charge >= 0.3 is 6.36 Å². The number of alkyl halides is 3. The van der Waals surface area contributed by atoms with Crippen LogP contribution < -0.4 is 14.8 Å². The number of likely N-dealkylation sites (tertiary alicyclic amines) is 1. The van der Waals surface area contributed by atoms with Crippen molar-refractivity contribution in [3.63, 3.8) is 0 Å². The molecule has 1 heterocycles. The summed E-state index contributed by atoms with van der Waals surface area (Å²) >= 11 is 0. The number of benzene rings is 2. The van der Waals surface area contributed by atoms with Gasteiger partial charge in [0.25, 0.3) is 0 Å². The van der Waals surface area contributed by atoms with Crippen molar-refractivity contribution in [2.24, 2.45) is 0 Å². The maximum absolute atomic E-state index is 12.6. The highest BCUT2D eigenvalue weighted by atomic mass is 19.4. The van der Waals surface area contributed by atoms with E-state index in [2.05, 4.69) is 10.1 Å². The van der Waals surface area contributed by atoms with Gasteiger partial charge in [-0.3, -0.25) is 9.59 Å². The minimum Gasteiger partial charge on any atom is -0.496 e. The zero-order valence-corrected chi connectivity index (χ0v) is 18.1. The Morgan fingerprint density at radius 3 is 2.36 bits per heavy atom. The summed E-state index contributed by atoms with van der Waals surface area (Å²) < 4.78 is 46.8. The number of carbonyl (C=O) groups excluding carboxylic acids is 2. The Balaban J connectivity index is 1.49. The number of ether oxygens (including phenoxy) is 2. The quantitative estimate of drug-likeness (QED) is 0.633. The molecule has 0 saturated carbocycles. The van der Waals surface area contributed by atoms with Gasteiger partial charge in [-0.25, -0.2) is 0 Å². The van der Waals surface area contributed by atoms with Crippen LogP contribution in [0.15, 0.2) is 54.6 Å². The average Bonchev–Trinajstić information content (AvgIpc) is 2.78. The second-order valence-corrected chi connectivity index (χ2v) is 7.57. The number of carbonyl (C=O) groups is 2. The first-order valence-corrected chi connectivity index (χ1v) is 10.5. The van der Waals surface area contributed by atoms with Gasteiger partial charge in [-0.2, -0.15) is 0 Å². The molecule has 6 nitrogen and oxygen atoms in total. The van der Waals surface area contributed by atoms with E-state index in [1.807, 2.05) is 24.3 Å². The molecule has 0 spiro atoms. The smallest absolute Gasteiger partial charge is 0.496 e. The molecular formula is C24H25F3N2O4. The summed E-state index contributed by atoms with van der Waals surface area (Å²) in [5.41, 5.74) is 0.960. The molecule has 1 N–H and O–H groups in total. The molecule has 9 heteroatoms. The van der Waals surface area contributed by atoms with Crippen LogP contribution in [-0.4, -0.2) is 49.3 Å². The Labute approximate surface area is 190 Å². The molecular weight excluding hydrogens is 437 g/mol. The van der Waals surface area contributed by atoms with Crippen LogP contribution in [0, 0.1) is 0 Å². The van der Waals surface area contributed by atoms with E-state index in [0.717, 1.165) is 5.56 Å². The van der Waals surface area contributed by atoms with Crippen LogP contribution in [0.1, 0.15) is 24.0 Å². The van der Waals surface area contributed by atoms with E-state index in [0.29, 0.717) is 31.7 Å². The number of piperidine rings is 1. The molecule has 3 rings (SSSR count). The zero-order chi connectivity index (χ0) is 23.8. The van der Waals surface area contributed by atoms with Crippen molar-refractivity contribution in [1.82, 2.24) is 10.2 Å². The van der Waals surface area contributed by atoms with Crippen molar-refractivity contribution in [3.8, 4) is 11.5 Å². The molecule has 2 aromatic carbocycles. The first-order chi connectivity index (χ1) is 15.7. The monoisotopic (exact) mass is 462 g/mol. The maximum Gasteiger partial charge on any atom is 0.573 e. The molecule has 0 bridgehead atoms. The van der Waals surface area contributed by atoms with Gasteiger partial charge in [0.05, 0.1) is 13.5 Å². The van der Waals surface area contributed by atoms with Crippen molar-refractivity contribution in [1.29, 1.82) is 0 Å². The highest BCUT2D eigenvalue weighted by Crippen LogP contribution is 2.27. The Morgan fingerprint density at radius 1 is 1.06 bits per heavy atom. The van der Waals surface area contributed by atoms with Crippen LogP contribution in [0.2, 0.25) is 0 Å². The van der Waals surface area contributed by atoms with Gasteiger partial charge in [0, 0.05) is 36.3 Å². The Bertz CT molecular complexity index is 999. The van der Waals surface area contributed by atoms with E-state index in [1.165, 1.54) is 30.4 Å². The molecule has 33 heavy (non-hydrogen) atoms. The summed E-state index contributed by atoms with van der Waals surface area (Å²) in [7, 11) is 1.56.